The molecule has 326 valence electrons. The lowest BCUT2D eigenvalue weighted by Crippen LogP contribution is -2.17. The first-order valence-corrected chi connectivity index (χ1v) is 24.7. The summed E-state index contributed by atoms with van der Waals surface area (Å²) in [6, 6.07) is 91.9. The molecule has 0 saturated heterocycles. The summed E-state index contributed by atoms with van der Waals surface area (Å²) >= 11 is 1.89. The topological polar surface area (TPSA) is 3.24 Å². The van der Waals surface area contributed by atoms with E-state index in [1.165, 1.54) is 109 Å². The lowest BCUT2D eigenvalue weighted by atomic mass is 9.81. The van der Waals surface area contributed by atoms with E-state index < -0.39 is 0 Å². The smallest absolute Gasteiger partial charge is 0.0546 e. The fourth-order valence-corrected chi connectivity index (χ4v) is 12.5. The molecule has 2 heteroatoms. The van der Waals surface area contributed by atoms with Gasteiger partial charge in [-0.3, -0.25) is 0 Å². The number of rotatable bonds is 8. The molecule has 0 atom stereocenters. The Morgan fingerprint density at radius 3 is 1.61 bits per heavy atom. The average molecular weight is 898 g/mol. The number of hydrogen-bond acceptors (Lipinski definition) is 2. The molecule has 0 saturated carbocycles. The molecule has 0 amide bonds. The van der Waals surface area contributed by atoms with Crippen molar-refractivity contribution in [1.29, 1.82) is 0 Å². The van der Waals surface area contributed by atoms with Crippen LogP contribution in [0.3, 0.4) is 0 Å². The Morgan fingerprint density at radius 2 is 0.884 bits per heavy atom. The van der Waals surface area contributed by atoms with Crippen molar-refractivity contribution in [3.8, 4) is 66.8 Å². The molecule has 69 heavy (non-hydrogen) atoms. The monoisotopic (exact) mass is 897 g/mol. The van der Waals surface area contributed by atoms with Gasteiger partial charge >= 0.3 is 0 Å². The second-order valence-corrected chi connectivity index (χ2v) is 19.8. The molecule has 12 aromatic rings. The standard InChI is InChI=1S/C67H47NS/c1-67(2)59-34-17-30-53(45-21-8-4-9-22-45)65(59)58-42-41-50(43-60(58)67)68(49-39-37-46(38-40-49)52-29-15-26-47-25-14-28-51(63(47)52)44-19-6-3-7-20-44)61-35-18-31-55(64(61)48-23-10-5-11-24-48)57-33-16-32-56-54-27-12-13-36-62(54)69-66(56)57/h3-43H,1-2H3. The highest BCUT2D eigenvalue weighted by molar-refractivity contribution is 7.26. The minimum atomic E-state index is -0.229. The molecule has 0 aliphatic heterocycles. The Kier molecular flexibility index (Phi) is 9.78. The Hall–Kier alpha value is -8.30. The molecule has 0 bridgehead atoms. The van der Waals surface area contributed by atoms with Crippen molar-refractivity contribution < 1.29 is 0 Å². The minimum Gasteiger partial charge on any atom is -0.310 e. The molecule has 1 aliphatic rings. The third-order valence-corrected chi connectivity index (χ3v) is 15.7. The zero-order chi connectivity index (χ0) is 46.1. The van der Waals surface area contributed by atoms with Crippen molar-refractivity contribution in [2.24, 2.45) is 0 Å². The highest BCUT2D eigenvalue weighted by atomic mass is 32.1. The Labute approximate surface area is 407 Å². The van der Waals surface area contributed by atoms with Crippen LogP contribution in [0.4, 0.5) is 17.1 Å². The maximum atomic E-state index is 2.51. The first-order chi connectivity index (χ1) is 34.0. The molecule has 0 radical (unpaired) electrons. The van der Waals surface area contributed by atoms with Gasteiger partial charge in [0, 0.05) is 48.1 Å². The van der Waals surface area contributed by atoms with E-state index in [1.807, 2.05) is 11.3 Å². The largest absolute Gasteiger partial charge is 0.310 e. The van der Waals surface area contributed by atoms with Gasteiger partial charge in [-0.25, -0.2) is 0 Å². The van der Waals surface area contributed by atoms with Gasteiger partial charge in [0.2, 0.25) is 0 Å². The van der Waals surface area contributed by atoms with Gasteiger partial charge < -0.3 is 4.90 Å². The summed E-state index contributed by atoms with van der Waals surface area (Å²) < 4.78 is 2.61. The summed E-state index contributed by atoms with van der Waals surface area (Å²) in [7, 11) is 0. The summed E-state index contributed by atoms with van der Waals surface area (Å²) in [5.41, 5.74) is 20.6. The van der Waals surface area contributed by atoms with E-state index in [0.717, 1.165) is 17.1 Å². The first-order valence-electron chi connectivity index (χ1n) is 23.9. The predicted octanol–water partition coefficient (Wildman–Crippen LogP) is 19.3. The second kappa shape index (κ2) is 16.5. The number of fused-ring (bicyclic) bond motifs is 7. The number of nitrogens with zero attached hydrogens (tertiary/aromatic N) is 1. The van der Waals surface area contributed by atoms with Gasteiger partial charge in [-0.2, -0.15) is 0 Å². The molecule has 0 spiro atoms. The van der Waals surface area contributed by atoms with E-state index in [0.29, 0.717) is 0 Å². The van der Waals surface area contributed by atoms with Gasteiger partial charge in [0.05, 0.1) is 5.69 Å². The summed E-state index contributed by atoms with van der Waals surface area (Å²) in [5.74, 6) is 0. The highest BCUT2D eigenvalue weighted by Gasteiger charge is 2.38. The lowest BCUT2D eigenvalue weighted by molar-refractivity contribution is 0.660. The molecule has 11 aromatic carbocycles. The van der Waals surface area contributed by atoms with Crippen molar-refractivity contribution in [2.75, 3.05) is 4.90 Å². The normalized spacial score (nSPS) is 12.6. The summed E-state index contributed by atoms with van der Waals surface area (Å²) in [4.78, 5) is 2.51. The lowest BCUT2D eigenvalue weighted by Gasteiger charge is -2.31. The maximum absolute atomic E-state index is 2.51. The predicted molar refractivity (Wildman–Crippen MR) is 296 cm³/mol. The number of thiophene rings is 1. The Balaban J connectivity index is 1.04. The fourth-order valence-electron chi connectivity index (χ4n) is 11.2. The highest BCUT2D eigenvalue weighted by Crippen LogP contribution is 2.55. The van der Waals surface area contributed by atoms with Crippen molar-refractivity contribution in [2.45, 2.75) is 19.3 Å². The molecule has 1 aliphatic carbocycles. The van der Waals surface area contributed by atoms with Gasteiger partial charge in [-0.05, 0) is 114 Å². The molecule has 0 unspecified atom stereocenters. The summed E-state index contributed by atoms with van der Waals surface area (Å²) in [6.45, 7) is 4.79. The molecule has 0 N–H and O–H groups in total. The van der Waals surface area contributed by atoms with Crippen LogP contribution in [0.2, 0.25) is 0 Å². The maximum Gasteiger partial charge on any atom is 0.0546 e. The quantitative estimate of drug-likeness (QED) is 0.147. The number of hydrogen-bond donors (Lipinski definition) is 0. The van der Waals surface area contributed by atoms with E-state index in [-0.39, 0.29) is 5.41 Å². The van der Waals surface area contributed by atoms with E-state index in [1.54, 1.807) is 0 Å². The van der Waals surface area contributed by atoms with Crippen LogP contribution < -0.4 is 4.90 Å². The first kappa shape index (κ1) is 40.9. The molecule has 0 fully saturated rings. The average Bonchev–Trinajstić information content (AvgIpc) is 3.91. The van der Waals surface area contributed by atoms with Gasteiger partial charge in [0.15, 0.2) is 0 Å². The third-order valence-electron chi connectivity index (χ3n) is 14.5. The third kappa shape index (κ3) is 6.74. The van der Waals surface area contributed by atoms with Crippen LogP contribution in [-0.4, -0.2) is 0 Å². The molecular formula is C67H47NS. The van der Waals surface area contributed by atoms with Crippen LogP contribution in [0.5, 0.6) is 0 Å². The molecule has 1 heterocycles. The zero-order valence-corrected chi connectivity index (χ0v) is 39.3. The zero-order valence-electron chi connectivity index (χ0n) is 38.5. The van der Waals surface area contributed by atoms with Crippen LogP contribution in [0.25, 0.3) is 97.7 Å². The van der Waals surface area contributed by atoms with Crippen LogP contribution in [0, 0.1) is 0 Å². The van der Waals surface area contributed by atoms with Gasteiger partial charge in [0.1, 0.15) is 0 Å². The van der Waals surface area contributed by atoms with Crippen molar-refractivity contribution in [3.05, 3.63) is 260 Å². The van der Waals surface area contributed by atoms with Crippen molar-refractivity contribution in [3.63, 3.8) is 0 Å². The summed E-state index contributed by atoms with van der Waals surface area (Å²) in [5, 5.41) is 5.09. The SMILES string of the molecule is CC1(C)c2cc(N(c3ccc(-c4cccc5cccc(-c6ccccc6)c45)cc3)c3cccc(-c4cccc5c4sc4ccccc45)c3-c3ccccc3)ccc2-c2c(-c3ccccc3)cccc21. The molecular weight excluding hydrogens is 851 g/mol. The van der Waals surface area contributed by atoms with Crippen LogP contribution >= 0.6 is 11.3 Å². The van der Waals surface area contributed by atoms with Crippen LogP contribution in [0.15, 0.2) is 249 Å². The Morgan fingerprint density at radius 1 is 0.348 bits per heavy atom. The van der Waals surface area contributed by atoms with E-state index in [2.05, 4.69) is 267 Å². The van der Waals surface area contributed by atoms with E-state index >= 15 is 0 Å². The van der Waals surface area contributed by atoms with Crippen molar-refractivity contribution >= 4 is 59.3 Å². The minimum absolute atomic E-state index is 0.229. The van der Waals surface area contributed by atoms with Gasteiger partial charge in [-0.1, -0.05) is 226 Å². The second-order valence-electron chi connectivity index (χ2n) is 18.8. The molecule has 1 aromatic heterocycles. The number of benzene rings is 11. The van der Waals surface area contributed by atoms with E-state index in [9.17, 15) is 0 Å². The van der Waals surface area contributed by atoms with Gasteiger partial charge in [-0.15, -0.1) is 11.3 Å². The van der Waals surface area contributed by atoms with Crippen LogP contribution in [-0.2, 0) is 5.41 Å². The van der Waals surface area contributed by atoms with Crippen LogP contribution in [0.1, 0.15) is 25.0 Å². The number of anilines is 3. The summed E-state index contributed by atoms with van der Waals surface area (Å²) in [6.07, 6.45) is 0. The van der Waals surface area contributed by atoms with Gasteiger partial charge in [0.25, 0.3) is 0 Å². The fraction of sp³-hybridized carbons (Fsp3) is 0.0448. The van der Waals surface area contributed by atoms with E-state index in [4.69, 9.17) is 0 Å². The van der Waals surface area contributed by atoms with Crippen molar-refractivity contribution in [1.82, 2.24) is 0 Å². The Bertz CT molecular complexity index is 3900. The molecule has 13 rings (SSSR count). The molecule has 1 nitrogen and oxygen atoms in total.